The predicted molar refractivity (Wildman–Crippen MR) is 96.9 cm³/mol. The zero-order valence-electron chi connectivity index (χ0n) is 12.5. The molecule has 0 atom stereocenters. The molecule has 0 spiro atoms. The number of thiazole rings is 1. The molecular weight excluding hydrogens is 336 g/mol. The summed E-state index contributed by atoms with van der Waals surface area (Å²) in [7, 11) is 2.06. The van der Waals surface area contributed by atoms with Gasteiger partial charge in [0.15, 0.2) is 9.97 Å². The summed E-state index contributed by atoms with van der Waals surface area (Å²) in [5.74, 6) is 0.876. The third kappa shape index (κ3) is 3.39. The van der Waals surface area contributed by atoms with E-state index < -0.39 is 0 Å². The highest BCUT2D eigenvalue weighted by atomic mass is 35.5. The van der Waals surface area contributed by atoms with Crippen LogP contribution in [-0.4, -0.2) is 16.3 Å². The molecule has 1 aromatic heterocycles. The summed E-state index contributed by atoms with van der Waals surface area (Å²) >= 11 is 9.41. The molecule has 3 rings (SSSR count). The van der Waals surface area contributed by atoms with Crippen LogP contribution in [0.4, 0.5) is 5.69 Å². The maximum Gasteiger partial charge on any atom is 0.184 e. The van der Waals surface area contributed by atoms with E-state index in [9.17, 15) is 0 Å². The Balaban J connectivity index is 1.67. The lowest BCUT2D eigenvalue weighted by atomic mass is 10.1. The van der Waals surface area contributed by atoms with Crippen molar-refractivity contribution in [2.45, 2.75) is 19.2 Å². The fourth-order valence-corrected chi connectivity index (χ4v) is 4.32. The van der Waals surface area contributed by atoms with Gasteiger partial charge in [-0.1, -0.05) is 23.4 Å². The second-order valence-electron chi connectivity index (χ2n) is 4.88. The molecule has 1 aliphatic heterocycles. The van der Waals surface area contributed by atoms with Crippen LogP contribution >= 0.6 is 34.7 Å². The van der Waals surface area contributed by atoms with E-state index in [1.165, 1.54) is 5.69 Å². The van der Waals surface area contributed by atoms with Gasteiger partial charge in [0.1, 0.15) is 0 Å². The molecule has 0 saturated carbocycles. The summed E-state index contributed by atoms with van der Waals surface area (Å²) in [6.07, 6.45) is 0. The van der Waals surface area contributed by atoms with Crippen molar-refractivity contribution < 1.29 is 0 Å². The Kier molecular flexibility index (Phi) is 4.90. The standard InChI is InChI=1S/C15H17ClN4S2/c1-3-17-15-20(2)12(9-22-15)8-21-14-18-7-10-6-11(16)4-5-13(10)19-14/h4-6,9H,3,7-8H2,1-2H3,(H,18,19). The molecular formula is C15H17ClN4S2. The van der Waals surface area contributed by atoms with Crippen LogP contribution in [0.25, 0.3) is 0 Å². The van der Waals surface area contributed by atoms with Gasteiger partial charge in [-0.05, 0) is 30.7 Å². The first kappa shape index (κ1) is 15.6. The molecule has 22 heavy (non-hydrogen) atoms. The normalized spacial score (nSPS) is 14.5. The number of benzene rings is 1. The van der Waals surface area contributed by atoms with Crippen LogP contribution in [0.5, 0.6) is 0 Å². The molecule has 0 aliphatic carbocycles. The minimum atomic E-state index is 0.678. The van der Waals surface area contributed by atoms with Crippen molar-refractivity contribution >= 4 is 45.6 Å². The van der Waals surface area contributed by atoms with Crippen LogP contribution in [-0.2, 0) is 19.3 Å². The lowest BCUT2D eigenvalue weighted by molar-refractivity contribution is 0.811. The Morgan fingerprint density at radius 2 is 2.36 bits per heavy atom. The molecule has 1 aliphatic rings. The van der Waals surface area contributed by atoms with Crippen LogP contribution < -0.4 is 10.1 Å². The maximum absolute atomic E-state index is 6.01. The summed E-state index contributed by atoms with van der Waals surface area (Å²) < 4.78 is 2.15. The second-order valence-corrected chi connectivity index (χ2v) is 7.12. The topological polar surface area (TPSA) is 41.7 Å². The SMILES string of the molecule is CCN=c1scc(CSC2=NCc3cc(Cl)ccc3N2)n1C. The van der Waals surface area contributed by atoms with Crippen molar-refractivity contribution in [1.29, 1.82) is 0 Å². The number of halogens is 1. The molecule has 2 aromatic rings. The molecule has 0 saturated heterocycles. The van der Waals surface area contributed by atoms with Crippen molar-refractivity contribution in [3.63, 3.8) is 0 Å². The quantitative estimate of drug-likeness (QED) is 0.910. The molecule has 116 valence electrons. The summed E-state index contributed by atoms with van der Waals surface area (Å²) in [5.41, 5.74) is 3.49. The number of anilines is 1. The molecule has 1 aromatic carbocycles. The molecule has 7 heteroatoms. The van der Waals surface area contributed by atoms with E-state index in [2.05, 4.69) is 39.2 Å². The predicted octanol–water partition coefficient (Wildman–Crippen LogP) is 3.88. The summed E-state index contributed by atoms with van der Waals surface area (Å²) in [6.45, 7) is 3.55. The van der Waals surface area contributed by atoms with Gasteiger partial charge in [-0.2, -0.15) is 0 Å². The first-order valence-electron chi connectivity index (χ1n) is 7.04. The minimum Gasteiger partial charge on any atom is -0.335 e. The highest BCUT2D eigenvalue weighted by Crippen LogP contribution is 2.27. The van der Waals surface area contributed by atoms with Gasteiger partial charge in [0.05, 0.1) is 6.54 Å². The number of nitrogens with zero attached hydrogens (tertiary/aromatic N) is 3. The van der Waals surface area contributed by atoms with Gasteiger partial charge in [0.25, 0.3) is 0 Å². The number of amidine groups is 1. The van der Waals surface area contributed by atoms with Crippen molar-refractivity contribution in [3.8, 4) is 0 Å². The van der Waals surface area contributed by atoms with Gasteiger partial charge in [-0.25, -0.2) is 0 Å². The first-order chi connectivity index (χ1) is 10.7. The lowest BCUT2D eigenvalue weighted by Gasteiger charge is -2.18. The number of aliphatic imine (C=N–C) groups is 1. The van der Waals surface area contributed by atoms with Crippen LogP contribution in [0.2, 0.25) is 5.02 Å². The molecule has 2 heterocycles. The minimum absolute atomic E-state index is 0.678. The van der Waals surface area contributed by atoms with Gasteiger partial charge >= 0.3 is 0 Å². The van der Waals surface area contributed by atoms with Crippen molar-refractivity contribution in [3.05, 3.63) is 44.7 Å². The molecule has 1 N–H and O–H groups in total. The monoisotopic (exact) mass is 352 g/mol. The van der Waals surface area contributed by atoms with Crippen LogP contribution in [0.3, 0.4) is 0 Å². The number of thioether (sulfide) groups is 1. The highest BCUT2D eigenvalue weighted by molar-refractivity contribution is 8.13. The molecule has 0 amide bonds. The smallest absolute Gasteiger partial charge is 0.184 e. The summed E-state index contributed by atoms with van der Waals surface area (Å²) in [5, 5.41) is 7.24. The zero-order valence-corrected chi connectivity index (χ0v) is 14.9. The van der Waals surface area contributed by atoms with Gasteiger partial charge in [-0.15, -0.1) is 11.3 Å². The number of fused-ring (bicyclic) bond motifs is 1. The van der Waals surface area contributed by atoms with E-state index in [-0.39, 0.29) is 0 Å². The number of nitrogens with one attached hydrogen (secondary N) is 1. The number of rotatable bonds is 3. The van der Waals surface area contributed by atoms with Gasteiger partial charge in [-0.3, -0.25) is 9.98 Å². The van der Waals surface area contributed by atoms with Crippen LogP contribution in [0.1, 0.15) is 18.2 Å². The Labute approximate surface area is 143 Å². The molecule has 4 nitrogen and oxygen atoms in total. The van der Waals surface area contributed by atoms with E-state index in [1.807, 2.05) is 18.2 Å². The fourth-order valence-electron chi connectivity index (χ4n) is 2.16. The highest BCUT2D eigenvalue weighted by Gasteiger charge is 2.13. The van der Waals surface area contributed by atoms with Crippen molar-refractivity contribution in [2.75, 3.05) is 11.9 Å². The maximum atomic E-state index is 6.01. The second kappa shape index (κ2) is 6.89. The zero-order chi connectivity index (χ0) is 15.5. The summed E-state index contributed by atoms with van der Waals surface area (Å²) in [6, 6.07) is 5.88. The third-order valence-electron chi connectivity index (χ3n) is 3.37. The van der Waals surface area contributed by atoms with Gasteiger partial charge in [0.2, 0.25) is 0 Å². The van der Waals surface area contributed by atoms with E-state index >= 15 is 0 Å². The third-order valence-corrected chi connectivity index (χ3v) is 5.55. The summed E-state index contributed by atoms with van der Waals surface area (Å²) in [4.78, 5) is 10.1. The van der Waals surface area contributed by atoms with Gasteiger partial charge < -0.3 is 9.88 Å². The lowest BCUT2D eigenvalue weighted by Crippen LogP contribution is -2.16. The van der Waals surface area contributed by atoms with Crippen molar-refractivity contribution in [1.82, 2.24) is 4.57 Å². The molecule has 0 bridgehead atoms. The van der Waals surface area contributed by atoms with Crippen LogP contribution in [0.15, 0.2) is 33.6 Å². The van der Waals surface area contributed by atoms with E-state index in [0.29, 0.717) is 6.54 Å². The Hall–Kier alpha value is -1.24. The number of aromatic nitrogens is 1. The Bertz CT molecular complexity index is 776. The Morgan fingerprint density at radius 1 is 1.50 bits per heavy atom. The average molecular weight is 353 g/mol. The molecule has 0 radical (unpaired) electrons. The average Bonchev–Trinajstić information content (AvgIpc) is 2.86. The largest absolute Gasteiger partial charge is 0.335 e. The number of hydrogen-bond acceptors (Lipinski definition) is 5. The van der Waals surface area contributed by atoms with Crippen LogP contribution in [0, 0.1) is 0 Å². The van der Waals surface area contributed by atoms with E-state index in [0.717, 1.165) is 38.5 Å². The van der Waals surface area contributed by atoms with E-state index in [4.69, 9.17) is 11.6 Å². The van der Waals surface area contributed by atoms with Gasteiger partial charge in [0, 0.05) is 41.1 Å². The molecule has 0 fully saturated rings. The Morgan fingerprint density at radius 3 is 3.18 bits per heavy atom. The first-order valence-corrected chi connectivity index (χ1v) is 9.28. The number of hydrogen-bond donors (Lipinski definition) is 1. The molecule has 0 unspecified atom stereocenters. The van der Waals surface area contributed by atoms with E-state index in [1.54, 1.807) is 23.1 Å². The van der Waals surface area contributed by atoms with Crippen molar-refractivity contribution in [2.24, 2.45) is 17.0 Å². The fraction of sp³-hybridized carbons (Fsp3) is 0.333.